The maximum atomic E-state index is 5.97. The maximum Gasteiger partial charge on any atom is 0.0728 e. The van der Waals surface area contributed by atoms with Crippen LogP contribution in [0.1, 0.15) is 59.3 Å². The Bertz CT molecular complexity index is 161. The molecular formula is C13H27NO. The zero-order valence-electron chi connectivity index (χ0n) is 10.6. The average molecular weight is 213 g/mol. The third-order valence-corrected chi connectivity index (χ3v) is 3.35. The highest BCUT2D eigenvalue weighted by atomic mass is 16.5. The van der Waals surface area contributed by atoms with Gasteiger partial charge in [0.2, 0.25) is 0 Å². The summed E-state index contributed by atoms with van der Waals surface area (Å²) in [5.41, 5.74) is 0. The van der Waals surface area contributed by atoms with Crippen LogP contribution in [-0.2, 0) is 4.74 Å². The van der Waals surface area contributed by atoms with Crippen LogP contribution in [0.5, 0.6) is 0 Å². The monoisotopic (exact) mass is 213 g/mol. The number of hydrogen-bond acceptors (Lipinski definition) is 2. The third-order valence-electron chi connectivity index (χ3n) is 3.35. The molecule has 0 bridgehead atoms. The summed E-state index contributed by atoms with van der Waals surface area (Å²) < 4.78 is 5.97. The largest absolute Gasteiger partial charge is 0.377 e. The third kappa shape index (κ3) is 4.52. The van der Waals surface area contributed by atoms with Gasteiger partial charge in [0.05, 0.1) is 6.10 Å². The Morgan fingerprint density at radius 2 is 2.00 bits per heavy atom. The lowest BCUT2D eigenvalue weighted by Gasteiger charge is -2.35. The first-order valence-electron chi connectivity index (χ1n) is 6.65. The molecule has 0 radical (unpaired) electrons. The molecule has 0 aromatic rings. The van der Waals surface area contributed by atoms with Gasteiger partial charge in [-0.1, -0.05) is 26.7 Å². The van der Waals surface area contributed by atoms with E-state index in [0.29, 0.717) is 18.2 Å². The number of piperidine rings is 1. The van der Waals surface area contributed by atoms with Crippen LogP contribution in [0.15, 0.2) is 0 Å². The van der Waals surface area contributed by atoms with Crippen molar-refractivity contribution in [2.24, 2.45) is 0 Å². The Balaban J connectivity index is 2.20. The van der Waals surface area contributed by atoms with Crippen LogP contribution in [-0.4, -0.2) is 24.8 Å². The minimum atomic E-state index is 0.461. The van der Waals surface area contributed by atoms with Gasteiger partial charge in [0, 0.05) is 18.7 Å². The first-order chi connectivity index (χ1) is 7.27. The minimum Gasteiger partial charge on any atom is -0.377 e. The van der Waals surface area contributed by atoms with E-state index in [2.05, 4.69) is 26.1 Å². The van der Waals surface area contributed by atoms with Gasteiger partial charge in [-0.25, -0.2) is 0 Å². The molecule has 2 heteroatoms. The molecule has 2 nitrogen and oxygen atoms in total. The number of hydrogen-bond donors (Lipinski definition) is 1. The highest BCUT2D eigenvalue weighted by Crippen LogP contribution is 2.19. The quantitative estimate of drug-likeness (QED) is 0.685. The van der Waals surface area contributed by atoms with E-state index in [9.17, 15) is 0 Å². The lowest BCUT2D eigenvalue weighted by atomic mass is 9.95. The van der Waals surface area contributed by atoms with Crippen molar-refractivity contribution >= 4 is 0 Å². The second-order valence-corrected chi connectivity index (χ2v) is 4.78. The van der Waals surface area contributed by atoms with Crippen molar-refractivity contribution in [3.63, 3.8) is 0 Å². The summed E-state index contributed by atoms with van der Waals surface area (Å²) >= 11 is 0. The van der Waals surface area contributed by atoms with Crippen LogP contribution in [0, 0.1) is 0 Å². The van der Waals surface area contributed by atoms with Gasteiger partial charge in [-0.2, -0.15) is 0 Å². The molecule has 1 aliphatic rings. The van der Waals surface area contributed by atoms with Crippen LogP contribution in [0.3, 0.4) is 0 Å². The number of nitrogens with one attached hydrogen (secondary N) is 1. The highest BCUT2D eigenvalue weighted by molar-refractivity contribution is 4.84. The molecule has 0 saturated carbocycles. The van der Waals surface area contributed by atoms with Crippen LogP contribution in [0.2, 0.25) is 0 Å². The summed E-state index contributed by atoms with van der Waals surface area (Å²) in [6, 6.07) is 1.25. The van der Waals surface area contributed by atoms with E-state index in [1.165, 1.54) is 38.5 Å². The van der Waals surface area contributed by atoms with Gasteiger partial charge in [-0.3, -0.25) is 0 Å². The fourth-order valence-electron chi connectivity index (χ4n) is 2.34. The van der Waals surface area contributed by atoms with Gasteiger partial charge in [-0.05, 0) is 32.6 Å². The lowest BCUT2D eigenvalue weighted by Crippen LogP contribution is -2.49. The second kappa shape index (κ2) is 7.24. The Kier molecular flexibility index (Phi) is 6.26. The zero-order valence-corrected chi connectivity index (χ0v) is 10.6. The van der Waals surface area contributed by atoms with Crippen LogP contribution in [0.25, 0.3) is 0 Å². The van der Waals surface area contributed by atoms with E-state index in [-0.39, 0.29) is 0 Å². The van der Waals surface area contributed by atoms with Crippen molar-refractivity contribution in [2.75, 3.05) is 6.61 Å². The molecule has 3 atom stereocenters. The standard InChI is InChI=1S/C13H27NO/c1-4-6-7-10-15-13-9-8-11(3)14-12(13)5-2/h11-14H,4-10H2,1-3H3. The molecule has 0 aromatic heterocycles. The Morgan fingerprint density at radius 3 is 2.67 bits per heavy atom. The van der Waals surface area contributed by atoms with Crippen molar-refractivity contribution in [3.05, 3.63) is 0 Å². The predicted molar refractivity (Wildman–Crippen MR) is 65.2 cm³/mol. The highest BCUT2D eigenvalue weighted by Gasteiger charge is 2.26. The van der Waals surface area contributed by atoms with Gasteiger partial charge in [0.25, 0.3) is 0 Å². The van der Waals surface area contributed by atoms with E-state index < -0.39 is 0 Å². The summed E-state index contributed by atoms with van der Waals surface area (Å²) in [6.07, 6.45) is 7.94. The van der Waals surface area contributed by atoms with Gasteiger partial charge in [0.15, 0.2) is 0 Å². The molecule has 0 spiro atoms. The summed E-state index contributed by atoms with van der Waals surface area (Å²) in [4.78, 5) is 0. The molecule has 15 heavy (non-hydrogen) atoms. The number of rotatable bonds is 6. The fraction of sp³-hybridized carbons (Fsp3) is 1.00. The number of ether oxygens (including phenoxy) is 1. The van der Waals surface area contributed by atoms with E-state index in [1.807, 2.05) is 0 Å². The lowest BCUT2D eigenvalue weighted by molar-refractivity contribution is -0.00197. The molecule has 1 heterocycles. The van der Waals surface area contributed by atoms with E-state index in [4.69, 9.17) is 4.74 Å². The Morgan fingerprint density at radius 1 is 1.20 bits per heavy atom. The second-order valence-electron chi connectivity index (χ2n) is 4.78. The van der Waals surface area contributed by atoms with Gasteiger partial charge >= 0.3 is 0 Å². The predicted octanol–water partition coefficient (Wildman–Crippen LogP) is 3.11. The maximum absolute atomic E-state index is 5.97. The first-order valence-corrected chi connectivity index (χ1v) is 6.65. The molecule has 90 valence electrons. The molecule has 0 aliphatic carbocycles. The summed E-state index contributed by atoms with van der Waals surface area (Å²) in [5.74, 6) is 0. The zero-order chi connectivity index (χ0) is 11.1. The van der Waals surface area contributed by atoms with Crippen molar-refractivity contribution in [3.8, 4) is 0 Å². The molecule has 1 fully saturated rings. The molecule has 0 amide bonds. The van der Waals surface area contributed by atoms with E-state index in [1.54, 1.807) is 0 Å². The van der Waals surface area contributed by atoms with Crippen LogP contribution >= 0.6 is 0 Å². The number of unbranched alkanes of at least 4 members (excludes halogenated alkanes) is 2. The summed E-state index contributed by atoms with van der Waals surface area (Å²) in [7, 11) is 0. The average Bonchev–Trinajstić information content (AvgIpc) is 2.26. The normalized spacial score (nSPS) is 31.8. The molecule has 0 aromatic carbocycles. The Labute approximate surface area is 94.8 Å². The molecule has 1 N–H and O–H groups in total. The van der Waals surface area contributed by atoms with Crippen molar-refractivity contribution in [2.45, 2.75) is 77.5 Å². The Hall–Kier alpha value is -0.0800. The van der Waals surface area contributed by atoms with Crippen LogP contribution < -0.4 is 5.32 Å². The van der Waals surface area contributed by atoms with Gasteiger partial charge < -0.3 is 10.1 Å². The van der Waals surface area contributed by atoms with E-state index in [0.717, 1.165) is 6.61 Å². The molecule has 1 rings (SSSR count). The molecule has 1 saturated heterocycles. The topological polar surface area (TPSA) is 21.3 Å². The van der Waals surface area contributed by atoms with Crippen molar-refractivity contribution in [1.82, 2.24) is 5.32 Å². The van der Waals surface area contributed by atoms with Crippen LogP contribution in [0.4, 0.5) is 0 Å². The van der Waals surface area contributed by atoms with E-state index >= 15 is 0 Å². The van der Waals surface area contributed by atoms with Gasteiger partial charge in [0.1, 0.15) is 0 Å². The van der Waals surface area contributed by atoms with Gasteiger partial charge in [-0.15, -0.1) is 0 Å². The molecule has 3 unspecified atom stereocenters. The summed E-state index contributed by atoms with van der Waals surface area (Å²) in [5, 5.41) is 3.63. The molecular weight excluding hydrogens is 186 g/mol. The van der Waals surface area contributed by atoms with Crippen molar-refractivity contribution < 1.29 is 4.74 Å². The minimum absolute atomic E-state index is 0.461. The summed E-state index contributed by atoms with van der Waals surface area (Å²) in [6.45, 7) is 7.71. The first kappa shape index (κ1) is 13.0. The smallest absolute Gasteiger partial charge is 0.0728 e. The SMILES string of the molecule is CCCCCOC1CCC(C)NC1CC. The fourth-order valence-corrected chi connectivity index (χ4v) is 2.34. The van der Waals surface area contributed by atoms with Crippen molar-refractivity contribution in [1.29, 1.82) is 0 Å². The molecule has 1 aliphatic heterocycles.